The average molecular weight is 785 g/mol. The van der Waals surface area contributed by atoms with Crippen LogP contribution in [0.5, 0.6) is 0 Å². The molecule has 4 aliphatic rings. The SMILES string of the molecule is Cn1ncc2nc(Nc3cnn(CCOCCOCCNc4cccc5c4C(=O)N(C4CCC(=O)NC4=O)C5=O)c3)nc(N[C@H]3CC[C@H](N4CCOCC4)CC3)c21. The maximum Gasteiger partial charge on any atom is 0.264 e. The molecule has 302 valence electrons. The van der Waals surface area contributed by atoms with Gasteiger partial charge in [0.05, 0.1) is 75.4 Å². The van der Waals surface area contributed by atoms with E-state index < -0.39 is 29.7 Å². The topological polar surface area (TPSA) is 212 Å². The summed E-state index contributed by atoms with van der Waals surface area (Å²) in [7, 11) is 1.91. The average Bonchev–Trinajstić information content (AvgIpc) is 3.90. The number of aryl methyl sites for hydroxylation is 1. The Labute approximate surface area is 328 Å². The van der Waals surface area contributed by atoms with Crippen LogP contribution in [0.25, 0.3) is 11.0 Å². The molecular formula is C38H48N12O7. The Morgan fingerprint density at radius 3 is 2.53 bits per heavy atom. The van der Waals surface area contributed by atoms with E-state index in [0.717, 1.165) is 79.4 Å². The first-order chi connectivity index (χ1) is 27.8. The molecule has 8 rings (SSSR count). The summed E-state index contributed by atoms with van der Waals surface area (Å²) >= 11 is 0. The van der Waals surface area contributed by atoms with Gasteiger partial charge >= 0.3 is 0 Å². The molecule has 4 N–H and O–H groups in total. The van der Waals surface area contributed by atoms with E-state index in [-0.39, 0.29) is 24.0 Å². The first-order valence-electron chi connectivity index (χ1n) is 19.6. The number of carbonyl (C=O) groups excluding carboxylic acids is 4. The summed E-state index contributed by atoms with van der Waals surface area (Å²) in [6.07, 6.45) is 9.98. The van der Waals surface area contributed by atoms with Gasteiger partial charge in [-0.05, 0) is 44.2 Å². The molecule has 1 saturated carbocycles. The van der Waals surface area contributed by atoms with Gasteiger partial charge in [0.25, 0.3) is 11.8 Å². The van der Waals surface area contributed by atoms with Gasteiger partial charge in [0.2, 0.25) is 17.8 Å². The van der Waals surface area contributed by atoms with Crippen LogP contribution >= 0.6 is 0 Å². The normalized spacial score (nSPS) is 21.6. The Balaban J connectivity index is 0.751. The largest absolute Gasteiger partial charge is 0.382 e. The number of carbonyl (C=O) groups is 4. The molecule has 4 aromatic rings. The number of fused-ring (bicyclic) bond motifs is 2. The third-order valence-corrected chi connectivity index (χ3v) is 10.9. The second-order valence-electron chi connectivity index (χ2n) is 14.6. The van der Waals surface area contributed by atoms with E-state index in [1.807, 2.05) is 17.9 Å². The van der Waals surface area contributed by atoms with Crippen LogP contribution in [-0.4, -0.2) is 140 Å². The van der Waals surface area contributed by atoms with Crippen molar-refractivity contribution in [3.05, 3.63) is 47.9 Å². The second-order valence-corrected chi connectivity index (χ2v) is 14.6. The number of hydrogen-bond donors (Lipinski definition) is 4. The number of aromatic nitrogens is 6. The number of nitrogens with one attached hydrogen (secondary N) is 4. The molecule has 3 fully saturated rings. The number of anilines is 4. The fourth-order valence-corrected chi connectivity index (χ4v) is 8.04. The molecule has 4 amide bonds. The van der Waals surface area contributed by atoms with Crippen LogP contribution < -0.4 is 21.3 Å². The van der Waals surface area contributed by atoms with Gasteiger partial charge in [-0.15, -0.1) is 0 Å². The first-order valence-corrected chi connectivity index (χ1v) is 19.6. The molecule has 1 unspecified atom stereocenters. The quantitative estimate of drug-likeness (QED) is 0.0944. The van der Waals surface area contributed by atoms with Crippen molar-refractivity contribution in [1.29, 1.82) is 0 Å². The molecule has 0 bridgehead atoms. The van der Waals surface area contributed by atoms with Crippen molar-refractivity contribution in [2.24, 2.45) is 7.05 Å². The lowest BCUT2D eigenvalue weighted by Crippen LogP contribution is -2.54. The minimum atomic E-state index is -1.02. The van der Waals surface area contributed by atoms with Crippen molar-refractivity contribution in [2.75, 3.05) is 75.2 Å². The minimum absolute atomic E-state index is 0.0649. The Morgan fingerprint density at radius 1 is 0.912 bits per heavy atom. The van der Waals surface area contributed by atoms with Crippen LogP contribution in [0, 0.1) is 0 Å². The third-order valence-electron chi connectivity index (χ3n) is 10.9. The van der Waals surface area contributed by atoms with Gasteiger partial charge in [0, 0.05) is 57.1 Å². The minimum Gasteiger partial charge on any atom is -0.382 e. The van der Waals surface area contributed by atoms with Gasteiger partial charge < -0.3 is 30.2 Å². The fraction of sp³-hybridized carbons (Fsp3) is 0.526. The number of ether oxygens (including phenoxy) is 3. The van der Waals surface area contributed by atoms with E-state index in [2.05, 4.69) is 36.4 Å². The molecule has 19 heteroatoms. The van der Waals surface area contributed by atoms with E-state index in [4.69, 9.17) is 24.2 Å². The van der Waals surface area contributed by atoms with Crippen LogP contribution in [0.3, 0.4) is 0 Å². The number of hydrogen-bond acceptors (Lipinski definition) is 15. The Bertz CT molecular complexity index is 2110. The highest BCUT2D eigenvalue weighted by atomic mass is 16.5. The molecule has 3 aliphatic heterocycles. The second kappa shape index (κ2) is 17.3. The summed E-state index contributed by atoms with van der Waals surface area (Å²) in [5.74, 6) is -0.927. The van der Waals surface area contributed by atoms with Crippen LogP contribution in [0.4, 0.5) is 23.1 Å². The maximum atomic E-state index is 13.3. The number of morpholine rings is 1. The fourth-order valence-electron chi connectivity index (χ4n) is 8.04. The number of piperidine rings is 1. The molecular weight excluding hydrogens is 736 g/mol. The molecule has 0 spiro atoms. The number of imide groups is 2. The number of nitrogens with zero attached hydrogens (tertiary/aromatic N) is 8. The van der Waals surface area contributed by atoms with Crippen molar-refractivity contribution < 1.29 is 33.4 Å². The number of rotatable bonds is 16. The van der Waals surface area contributed by atoms with Crippen LogP contribution in [-0.2, 0) is 37.4 Å². The van der Waals surface area contributed by atoms with Crippen LogP contribution in [0.2, 0.25) is 0 Å². The van der Waals surface area contributed by atoms with Crippen molar-refractivity contribution in [3.8, 4) is 0 Å². The van der Waals surface area contributed by atoms with Crippen molar-refractivity contribution in [2.45, 2.75) is 63.2 Å². The van der Waals surface area contributed by atoms with Crippen molar-refractivity contribution in [3.63, 3.8) is 0 Å². The zero-order valence-electron chi connectivity index (χ0n) is 31.9. The van der Waals surface area contributed by atoms with Gasteiger partial charge in [-0.1, -0.05) is 6.07 Å². The molecule has 1 aliphatic carbocycles. The molecule has 6 heterocycles. The van der Waals surface area contributed by atoms with Crippen molar-refractivity contribution in [1.82, 2.24) is 44.6 Å². The number of benzene rings is 1. The third kappa shape index (κ3) is 8.60. The van der Waals surface area contributed by atoms with E-state index in [9.17, 15) is 19.2 Å². The van der Waals surface area contributed by atoms with E-state index in [0.29, 0.717) is 63.2 Å². The molecule has 19 nitrogen and oxygen atoms in total. The van der Waals surface area contributed by atoms with Crippen molar-refractivity contribution >= 4 is 57.8 Å². The standard InChI is InChI=1S/C38H48N12O7/c1-47-33-29(22-40-47)44-38(46-34(33)42-24-5-7-26(8-6-24)48-12-16-56-17-13-48)43-25-21-41-49(23-25)14-18-57-20-19-55-15-11-39-28-4-2-3-27-32(28)37(54)50(36(27)53)30-9-10-31(51)45-35(30)52/h2-4,21-24,26,30,39H,5-20H2,1H3,(H,45,51,52)(H2,42,43,44,46)/t24-,26-,30?. The maximum absolute atomic E-state index is 13.3. The first kappa shape index (κ1) is 38.4. The highest BCUT2D eigenvalue weighted by Crippen LogP contribution is 2.33. The van der Waals surface area contributed by atoms with E-state index >= 15 is 0 Å². The predicted molar refractivity (Wildman–Crippen MR) is 207 cm³/mol. The van der Waals surface area contributed by atoms with Gasteiger partial charge in [0.15, 0.2) is 5.82 Å². The molecule has 2 saturated heterocycles. The molecule has 3 aromatic heterocycles. The van der Waals surface area contributed by atoms with Gasteiger partial charge in [-0.3, -0.25) is 43.7 Å². The summed E-state index contributed by atoms with van der Waals surface area (Å²) < 4.78 is 20.6. The van der Waals surface area contributed by atoms with Gasteiger partial charge in [-0.25, -0.2) is 4.98 Å². The number of amides is 4. The van der Waals surface area contributed by atoms with E-state index in [1.54, 1.807) is 35.3 Å². The van der Waals surface area contributed by atoms with E-state index in [1.165, 1.54) is 0 Å². The lowest BCUT2D eigenvalue weighted by atomic mass is 9.90. The lowest BCUT2D eigenvalue weighted by Gasteiger charge is -2.39. The Morgan fingerprint density at radius 2 is 1.72 bits per heavy atom. The monoisotopic (exact) mass is 784 g/mol. The molecule has 1 aromatic carbocycles. The molecule has 1 atom stereocenters. The lowest BCUT2D eigenvalue weighted by molar-refractivity contribution is -0.136. The van der Waals surface area contributed by atoms with Gasteiger partial charge in [-0.2, -0.15) is 15.2 Å². The summed E-state index contributed by atoms with van der Waals surface area (Å²) in [6.45, 7) is 6.11. The molecule has 57 heavy (non-hydrogen) atoms. The summed E-state index contributed by atoms with van der Waals surface area (Å²) in [5, 5.41) is 21.3. The molecule has 0 radical (unpaired) electrons. The summed E-state index contributed by atoms with van der Waals surface area (Å²) in [5.41, 5.74) is 3.30. The van der Waals surface area contributed by atoms with Gasteiger partial charge in [0.1, 0.15) is 17.1 Å². The zero-order valence-corrected chi connectivity index (χ0v) is 31.9. The predicted octanol–water partition coefficient (Wildman–Crippen LogP) is 1.91. The zero-order chi connectivity index (χ0) is 39.3. The smallest absolute Gasteiger partial charge is 0.264 e. The highest BCUT2D eigenvalue weighted by Gasteiger charge is 2.45. The Hall–Kier alpha value is -5.50. The van der Waals surface area contributed by atoms with Crippen LogP contribution in [0.15, 0.2) is 36.8 Å². The highest BCUT2D eigenvalue weighted by molar-refractivity contribution is 6.25. The van der Waals surface area contributed by atoms with Crippen LogP contribution in [0.1, 0.15) is 59.2 Å². The summed E-state index contributed by atoms with van der Waals surface area (Å²) in [6, 6.07) is 4.87. The summed E-state index contributed by atoms with van der Waals surface area (Å²) in [4.78, 5) is 63.4. The Kier molecular flexibility index (Phi) is 11.7.